The van der Waals surface area contributed by atoms with E-state index in [-0.39, 0.29) is 6.61 Å². The molecule has 0 unspecified atom stereocenters. The fourth-order valence-corrected chi connectivity index (χ4v) is 3.54. The third-order valence-corrected chi connectivity index (χ3v) is 5.31. The SMILES string of the molecule is COC(=O)COc1cc(-c2cccc(Cl)c2)nc2ccc(NC(=O)Nc3ccc(OC)cc3)cc12. The maximum atomic E-state index is 12.5. The number of carbonyl (C=O) groups is 2. The predicted molar refractivity (Wildman–Crippen MR) is 135 cm³/mol. The highest BCUT2D eigenvalue weighted by molar-refractivity contribution is 6.30. The molecule has 8 nitrogen and oxygen atoms in total. The zero-order valence-corrected chi connectivity index (χ0v) is 19.8. The molecular formula is C26H22ClN3O5. The second-order valence-corrected chi connectivity index (χ2v) is 7.86. The number of methoxy groups -OCH3 is 2. The second-order valence-electron chi connectivity index (χ2n) is 7.42. The Kier molecular flexibility index (Phi) is 7.32. The number of nitrogens with one attached hydrogen (secondary N) is 2. The van der Waals surface area contributed by atoms with E-state index in [2.05, 4.69) is 10.6 Å². The maximum absolute atomic E-state index is 12.5. The molecule has 4 aromatic rings. The fraction of sp³-hybridized carbons (Fsp3) is 0.115. The van der Waals surface area contributed by atoms with E-state index in [0.29, 0.717) is 44.5 Å². The van der Waals surface area contributed by atoms with Crippen LogP contribution in [-0.4, -0.2) is 37.8 Å². The van der Waals surface area contributed by atoms with Crippen molar-refractivity contribution in [2.45, 2.75) is 0 Å². The van der Waals surface area contributed by atoms with Crippen LogP contribution >= 0.6 is 11.6 Å². The Morgan fingerprint density at radius 3 is 2.37 bits per heavy atom. The Morgan fingerprint density at radius 1 is 0.914 bits per heavy atom. The lowest BCUT2D eigenvalue weighted by Crippen LogP contribution is -2.19. The molecular weight excluding hydrogens is 470 g/mol. The van der Waals surface area contributed by atoms with Crippen LogP contribution in [0.3, 0.4) is 0 Å². The van der Waals surface area contributed by atoms with Crippen molar-refractivity contribution >= 4 is 45.9 Å². The minimum Gasteiger partial charge on any atom is -0.497 e. The van der Waals surface area contributed by atoms with Gasteiger partial charge in [-0.3, -0.25) is 0 Å². The molecule has 1 aromatic heterocycles. The number of hydrogen-bond donors (Lipinski definition) is 2. The molecule has 2 N–H and O–H groups in total. The largest absolute Gasteiger partial charge is 0.497 e. The number of hydrogen-bond acceptors (Lipinski definition) is 6. The summed E-state index contributed by atoms with van der Waals surface area (Å²) >= 11 is 6.14. The summed E-state index contributed by atoms with van der Waals surface area (Å²) in [5.41, 5.74) is 3.16. The van der Waals surface area contributed by atoms with Crippen molar-refractivity contribution in [2.75, 3.05) is 31.5 Å². The number of urea groups is 1. The highest BCUT2D eigenvalue weighted by Crippen LogP contribution is 2.33. The summed E-state index contributed by atoms with van der Waals surface area (Å²) in [6, 6.07) is 20.8. The molecule has 9 heteroatoms. The first-order valence-corrected chi connectivity index (χ1v) is 11.0. The lowest BCUT2D eigenvalue weighted by atomic mass is 10.1. The van der Waals surface area contributed by atoms with E-state index >= 15 is 0 Å². The van der Waals surface area contributed by atoms with Crippen LogP contribution in [0.5, 0.6) is 11.5 Å². The second kappa shape index (κ2) is 10.8. The molecule has 0 atom stereocenters. The van der Waals surface area contributed by atoms with Crippen molar-refractivity contribution in [1.29, 1.82) is 0 Å². The van der Waals surface area contributed by atoms with Crippen LogP contribution in [0.25, 0.3) is 22.2 Å². The van der Waals surface area contributed by atoms with Crippen LogP contribution in [0.15, 0.2) is 72.8 Å². The lowest BCUT2D eigenvalue weighted by Gasteiger charge is -2.13. The molecule has 0 saturated heterocycles. The van der Waals surface area contributed by atoms with Gasteiger partial charge in [-0.2, -0.15) is 0 Å². The normalized spacial score (nSPS) is 10.5. The highest BCUT2D eigenvalue weighted by Gasteiger charge is 2.13. The maximum Gasteiger partial charge on any atom is 0.343 e. The van der Waals surface area contributed by atoms with Crippen LogP contribution in [0.2, 0.25) is 5.02 Å². The van der Waals surface area contributed by atoms with Crippen molar-refractivity contribution < 1.29 is 23.8 Å². The number of anilines is 2. The number of carbonyl (C=O) groups excluding carboxylic acids is 2. The van der Waals surface area contributed by atoms with Gasteiger partial charge in [0.05, 0.1) is 25.4 Å². The standard InChI is InChI=1S/C26H22ClN3O5/c1-33-20-9-6-18(7-10-20)28-26(32)29-19-8-11-22-21(13-19)24(35-15-25(31)34-2)14-23(30-22)16-4-3-5-17(27)12-16/h3-14H,15H2,1-2H3,(H2,28,29,32). The molecule has 3 aromatic carbocycles. The van der Waals surface area contributed by atoms with Crippen molar-refractivity contribution in [2.24, 2.45) is 0 Å². The zero-order valence-electron chi connectivity index (χ0n) is 19.0. The summed E-state index contributed by atoms with van der Waals surface area (Å²) in [4.78, 5) is 28.9. The first-order valence-electron chi connectivity index (χ1n) is 10.6. The van der Waals surface area contributed by atoms with E-state index < -0.39 is 12.0 Å². The first-order chi connectivity index (χ1) is 16.9. The summed E-state index contributed by atoms with van der Waals surface area (Å²) < 4.78 is 15.6. The molecule has 1 heterocycles. The molecule has 0 aliphatic carbocycles. The molecule has 4 rings (SSSR count). The highest BCUT2D eigenvalue weighted by atomic mass is 35.5. The molecule has 35 heavy (non-hydrogen) atoms. The molecule has 0 aliphatic rings. The topological polar surface area (TPSA) is 98.8 Å². The number of benzene rings is 3. The number of fused-ring (bicyclic) bond motifs is 1. The number of halogens is 1. The zero-order chi connectivity index (χ0) is 24.8. The Balaban J connectivity index is 1.62. The number of esters is 1. The molecule has 2 amide bonds. The van der Waals surface area contributed by atoms with Crippen LogP contribution in [-0.2, 0) is 9.53 Å². The Bertz CT molecular complexity index is 1380. The minimum absolute atomic E-state index is 0.278. The first kappa shape index (κ1) is 23.8. The lowest BCUT2D eigenvalue weighted by molar-refractivity contribution is -0.142. The number of pyridine rings is 1. The minimum atomic E-state index is -0.521. The Hall–Kier alpha value is -4.30. The number of aromatic nitrogens is 1. The molecule has 0 radical (unpaired) electrons. The van der Waals surface area contributed by atoms with Gasteiger partial charge in [-0.05, 0) is 54.6 Å². The van der Waals surface area contributed by atoms with Gasteiger partial charge in [-0.25, -0.2) is 14.6 Å². The van der Waals surface area contributed by atoms with Crippen LogP contribution in [0.1, 0.15) is 0 Å². The fourth-order valence-electron chi connectivity index (χ4n) is 3.35. The van der Waals surface area contributed by atoms with Crippen LogP contribution < -0.4 is 20.1 Å². The van der Waals surface area contributed by atoms with E-state index in [0.717, 1.165) is 5.56 Å². The van der Waals surface area contributed by atoms with Gasteiger partial charge in [0.25, 0.3) is 0 Å². The van der Waals surface area contributed by atoms with Gasteiger partial charge in [0.15, 0.2) is 6.61 Å². The Labute approximate surface area is 206 Å². The van der Waals surface area contributed by atoms with Crippen LogP contribution in [0.4, 0.5) is 16.2 Å². The van der Waals surface area contributed by atoms with Gasteiger partial charge in [-0.15, -0.1) is 0 Å². The van der Waals surface area contributed by atoms with Gasteiger partial charge in [0, 0.05) is 33.4 Å². The van der Waals surface area contributed by atoms with E-state index in [1.165, 1.54) is 7.11 Å². The number of ether oxygens (including phenoxy) is 3. The van der Waals surface area contributed by atoms with E-state index in [1.54, 1.807) is 67.8 Å². The monoisotopic (exact) mass is 491 g/mol. The molecule has 0 fully saturated rings. The van der Waals surface area contributed by atoms with Crippen LogP contribution in [0, 0.1) is 0 Å². The van der Waals surface area contributed by atoms with Crippen molar-refractivity contribution in [3.05, 3.63) is 77.8 Å². The predicted octanol–water partition coefficient (Wildman–Crippen LogP) is 5.76. The van der Waals surface area contributed by atoms with Gasteiger partial charge in [0.2, 0.25) is 0 Å². The Morgan fingerprint density at radius 2 is 1.66 bits per heavy atom. The van der Waals surface area contributed by atoms with Gasteiger partial charge in [0.1, 0.15) is 11.5 Å². The van der Waals surface area contributed by atoms with Gasteiger partial charge in [-0.1, -0.05) is 23.7 Å². The van der Waals surface area contributed by atoms with E-state index in [9.17, 15) is 9.59 Å². The van der Waals surface area contributed by atoms with Crippen molar-refractivity contribution in [3.63, 3.8) is 0 Å². The number of nitrogens with zero attached hydrogens (tertiary/aromatic N) is 1. The summed E-state index contributed by atoms with van der Waals surface area (Å²) in [5, 5.41) is 6.74. The smallest absolute Gasteiger partial charge is 0.343 e. The van der Waals surface area contributed by atoms with E-state index in [4.69, 9.17) is 30.8 Å². The summed E-state index contributed by atoms with van der Waals surface area (Å²) in [5.74, 6) is 0.580. The summed E-state index contributed by atoms with van der Waals surface area (Å²) in [6.07, 6.45) is 0. The average Bonchev–Trinajstić information content (AvgIpc) is 2.87. The molecule has 178 valence electrons. The third-order valence-electron chi connectivity index (χ3n) is 5.07. The van der Waals surface area contributed by atoms with Crippen molar-refractivity contribution in [3.8, 4) is 22.8 Å². The molecule has 0 spiro atoms. The molecule has 0 saturated carbocycles. The quantitative estimate of drug-likeness (QED) is 0.319. The number of amides is 2. The van der Waals surface area contributed by atoms with Crippen molar-refractivity contribution in [1.82, 2.24) is 4.98 Å². The molecule has 0 aliphatic heterocycles. The third kappa shape index (κ3) is 5.99. The summed E-state index contributed by atoms with van der Waals surface area (Å²) in [6.45, 7) is -0.278. The van der Waals surface area contributed by atoms with E-state index in [1.807, 2.05) is 12.1 Å². The summed E-state index contributed by atoms with van der Waals surface area (Å²) in [7, 11) is 2.86. The molecule has 0 bridgehead atoms. The number of rotatable bonds is 7. The van der Waals surface area contributed by atoms with Gasteiger partial charge < -0.3 is 24.8 Å². The van der Waals surface area contributed by atoms with Gasteiger partial charge >= 0.3 is 12.0 Å². The average molecular weight is 492 g/mol.